The van der Waals surface area contributed by atoms with Crippen LogP contribution in [0.25, 0.3) is 0 Å². The molecule has 0 atom stereocenters. The quantitative estimate of drug-likeness (QED) is 0.424. The summed E-state index contributed by atoms with van der Waals surface area (Å²) in [6.07, 6.45) is 0. The average Bonchev–Trinajstić information content (AvgIpc) is 2.83. The molecular formula is C27H30BrNO6. The standard InChI is InChI=1S/C27H30BrNO6/c1-6-33-26(30)23-16(3)29-17(4)24(27(31)34-7-2)25(23)19-10-13-21(22(14-19)32-5)35-15-18-8-11-20(28)12-9-18/h8-14,25,29H,6-7,15H2,1-5H3. The van der Waals surface area contributed by atoms with Crippen molar-refractivity contribution in [2.75, 3.05) is 20.3 Å². The Hall–Kier alpha value is -3.26. The van der Waals surface area contributed by atoms with Gasteiger partial charge in [-0.05, 0) is 63.1 Å². The Morgan fingerprint density at radius 3 is 1.97 bits per heavy atom. The van der Waals surface area contributed by atoms with E-state index < -0.39 is 17.9 Å². The summed E-state index contributed by atoms with van der Waals surface area (Å²) >= 11 is 3.43. The van der Waals surface area contributed by atoms with Gasteiger partial charge in [0.05, 0.1) is 37.4 Å². The second kappa shape index (κ2) is 11.9. The number of allylic oxidation sites excluding steroid dienone is 2. The molecule has 1 N–H and O–H groups in total. The molecule has 0 amide bonds. The number of carbonyl (C=O) groups excluding carboxylic acids is 2. The number of halogens is 1. The third kappa shape index (κ3) is 6.06. The zero-order chi connectivity index (χ0) is 25.5. The number of rotatable bonds is 9. The summed E-state index contributed by atoms with van der Waals surface area (Å²) < 4.78 is 23.3. The number of benzene rings is 2. The van der Waals surface area contributed by atoms with E-state index in [-0.39, 0.29) is 13.2 Å². The molecule has 1 heterocycles. The lowest BCUT2D eigenvalue weighted by molar-refractivity contribution is -0.139. The highest BCUT2D eigenvalue weighted by molar-refractivity contribution is 9.10. The second-order valence-corrected chi connectivity index (χ2v) is 8.82. The number of carbonyl (C=O) groups is 2. The third-order valence-corrected chi connectivity index (χ3v) is 6.11. The van der Waals surface area contributed by atoms with E-state index in [2.05, 4.69) is 21.2 Å². The Kier molecular flexibility index (Phi) is 8.98. The number of ether oxygens (including phenoxy) is 4. The van der Waals surface area contributed by atoms with Gasteiger partial charge in [0.1, 0.15) is 6.61 Å². The summed E-state index contributed by atoms with van der Waals surface area (Å²) in [4.78, 5) is 26.0. The Morgan fingerprint density at radius 2 is 1.46 bits per heavy atom. The maximum atomic E-state index is 13.0. The van der Waals surface area contributed by atoms with Crippen LogP contribution in [0, 0.1) is 0 Å². The Balaban J connectivity index is 2.02. The molecule has 186 valence electrons. The van der Waals surface area contributed by atoms with Crippen LogP contribution in [0.1, 0.15) is 44.7 Å². The average molecular weight is 544 g/mol. The minimum atomic E-state index is -0.691. The van der Waals surface area contributed by atoms with Gasteiger partial charge in [-0.15, -0.1) is 0 Å². The van der Waals surface area contributed by atoms with Gasteiger partial charge in [-0.3, -0.25) is 0 Å². The molecule has 1 aliphatic heterocycles. The molecule has 0 radical (unpaired) electrons. The fraction of sp³-hybridized carbons (Fsp3) is 0.333. The van der Waals surface area contributed by atoms with Crippen molar-refractivity contribution in [3.8, 4) is 11.5 Å². The van der Waals surface area contributed by atoms with Crippen LogP contribution in [0.5, 0.6) is 11.5 Å². The first-order chi connectivity index (χ1) is 16.8. The molecule has 2 aromatic carbocycles. The molecule has 2 aromatic rings. The number of esters is 2. The molecule has 0 fully saturated rings. The first kappa shape index (κ1) is 26.3. The maximum absolute atomic E-state index is 13.0. The normalized spacial score (nSPS) is 13.9. The van der Waals surface area contributed by atoms with Crippen LogP contribution >= 0.6 is 15.9 Å². The number of nitrogens with one attached hydrogen (secondary N) is 1. The monoisotopic (exact) mass is 543 g/mol. The predicted octanol–water partition coefficient (Wildman–Crippen LogP) is 5.40. The van der Waals surface area contributed by atoms with E-state index in [1.165, 1.54) is 0 Å². The molecule has 35 heavy (non-hydrogen) atoms. The van der Waals surface area contributed by atoms with Crippen molar-refractivity contribution < 1.29 is 28.5 Å². The summed E-state index contributed by atoms with van der Waals surface area (Å²) in [6.45, 7) is 7.85. The van der Waals surface area contributed by atoms with Crippen LogP contribution in [0.4, 0.5) is 0 Å². The fourth-order valence-electron chi connectivity index (χ4n) is 4.01. The summed E-state index contributed by atoms with van der Waals surface area (Å²) in [5.74, 6) is -0.647. The highest BCUT2D eigenvalue weighted by atomic mass is 79.9. The van der Waals surface area contributed by atoms with E-state index in [1.54, 1.807) is 46.9 Å². The molecule has 0 aliphatic carbocycles. The summed E-state index contributed by atoms with van der Waals surface area (Å²) in [6, 6.07) is 13.2. The van der Waals surface area contributed by atoms with Gasteiger partial charge in [0.25, 0.3) is 0 Å². The van der Waals surface area contributed by atoms with E-state index >= 15 is 0 Å². The van der Waals surface area contributed by atoms with Gasteiger partial charge in [0, 0.05) is 15.9 Å². The summed E-state index contributed by atoms with van der Waals surface area (Å²) in [7, 11) is 1.55. The van der Waals surface area contributed by atoms with Gasteiger partial charge in [-0.2, -0.15) is 0 Å². The smallest absolute Gasteiger partial charge is 0.336 e. The first-order valence-electron chi connectivity index (χ1n) is 11.4. The van der Waals surface area contributed by atoms with Crippen molar-refractivity contribution >= 4 is 27.9 Å². The van der Waals surface area contributed by atoms with Crippen LogP contribution in [0.2, 0.25) is 0 Å². The van der Waals surface area contributed by atoms with Gasteiger partial charge in [-0.25, -0.2) is 9.59 Å². The van der Waals surface area contributed by atoms with E-state index in [4.69, 9.17) is 18.9 Å². The van der Waals surface area contributed by atoms with Crippen molar-refractivity contribution in [1.29, 1.82) is 0 Å². The zero-order valence-electron chi connectivity index (χ0n) is 20.6. The lowest BCUT2D eigenvalue weighted by Crippen LogP contribution is -2.32. The highest BCUT2D eigenvalue weighted by Crippen LogP contribution is 2.42. The largest absolute Gasteiger partial charge is 0.493 e. The van der Waals surface area contributed by atoms with Crippen molar-refractivity contribution in [2.24, 2.45) is 0 Å². The van der Waals surface area contributed by atoms with Crippen molar-refractivity contribution in [2.45, 2.75) is 40.2 Å². The molecule has 7 nitrogen and oxygen atoms in total. The van der Waals surface area contributed by atoms with Crippen molar-refractivity contribution in [3.63, 3.8) is 0 Å². The lowest BCUT2D eigenvalue weighted by Gasteiger charge is -2.30. The third-order valence-electron chi connectivity index (χ3n) is 5.58. The summed E-state index contributed by atoms with van der Waals surface area (Å²) in [5, 5.41) is 3.14. The summed E-state index contributed by atoms with van der Waals surface area (Å²) in [5.41, 5.74) is 3.63. The topological polar surface area (TPSA) is 83.1 Å². The minimum absolute atomic E-state index is 0.214. The number of hydrogen-bond donors (Lipinski definition) is 1. The molecule has 8 heteroatoms. The SMILES string of the molecule is CCOC(=O)C1=C(C)NC(C)=C(C(=O)OCC)C1c1ccc(OCc2ccc(Br)cc2)c(OC)c1. The molecule has 0 bridgehead atoms. The minimum Gasteiger partial charge on any atom is -0.493 e. The van der Waals surface area contributed by atoms with Crippen LogP contribution in [-0.2, 0) is 25.7 Å². The highest BCUT2D eigenvalue weighted by Gasteiger charge is 2.38. The molecule has 0 saturated carbocycles. The molecule has 0 spiro atoms. The first-order valence-corrected chi connectivity index (χ1v) is 12.2. The fourth-order valence-corrected chi connectivity index (χ4v) is 4.28. The van der Waals surface area contributed by atoms with Gasteiger partial charge in [-0.1, -0.05) is 34.1 Å². The molecule has 0 unspecified atom stereocenters. The maximum Gasteiger partial charge on any atom is 0.336 e. The van der Waals surface area contributed by atoms with Crippen LogP contribution in [0.15, 0.2) is 69.5 Å². The zero-order valence-corrected chi connectivity index (χ0v) is 22.2. The predicted molar refractivity (Wildman–Crippen MR) is 136 cm³/mol. The lowest BCUT2D eigenvalue weighted by atomic mass is 9.80. The van der Waals surface area contributed by atoms with E-state index in [1.807, 2.05) is 30.3 Å². The van der Waals surface area contributed by atoms with Crippen LogP contribution in [-0.4, -0.2) is 32.3 Å². The Bertz CT molecular complexity index is 1110. The van der Waals surface area contributed by atoms with E-state index in [0.29, 0.717) is 46.2 Å². The van der Waals surface area contributed by atoms with Crippen LogP contribution < -0.4 is 14.8 Å². The molecule has 0 saturated heterocycles. The molecular weight excluding hydrogens is 514 g/mol. The van der Waals surface area contributed by atoms with Gasteiger partial charge < -0.3 is 24.3 Å². The molecule has 1 aliphatic rings. The van der Waals surface area contributed by atoms with E-state index in [0.717, 1.165) is 10.0 Å². The van der Waals surface area contributed by atoms with E-state index in [9.17, 15) is 9.59 Å². The van der Waals surface area contributed by atoms with Gasteiger partial charge >= 0.3 is 11.9 Å². The number of dihydropyridines is 1. The Labute approximate surface area is 214 Å². The number of methoxy groups -OCH3 is 1. The van der Waals surface area contributed by atoms with Gasteiger partial charge in [0.15, 0.2) is 11.5 Å². The van der Waals surface area contributed by atoms with Crippen molar-refractivity contribution in [3.05, 3.63) is 80.6 Å². The number of hydrogen-bond acceptors (Lipinski definition) is 7. The van der Waals surface area contributed by atoms with Gasteiger partial charge in [0.2, 0.25) is 0 Å². The molecule has 3 rings (SSSR count). The van der Waals surface area contributed by atoms with Crippen LogP contribution in [0.3, 0.4) is 0 Å². The Morgan fingerprint density at radius 1 is 0.886 bits per heavy atom. The molecule has 0 aromatic heterocycles. The van der Waals surface area contributed by atoms with Crippen molar-refractivity contribution in [1.82, 2.24) is 5.32 Å². The second-order valence-electron chi connectivity index (χ2n) is 7.90.